The van der Waals surface area contributed by atoms with Crippen LogP contribution < -0.4 is 10.5 Å². The van der Waals surface area contributed by atoms with Gasteiger partial charge in [0.25, 0.3) is 0 Å². The summed E-state index contributed by atoms with van der Waals surface area (Å²) >= 11 is 0. The summed E-state index contributed by atoms with van der Waals surface area (Å²) in [7, 11) is -3.45. The van der Waals surface area contributed by atoms with Crippen molar-refractivity contribution in [2.75, 3.05) is 6.61 Å². The van der Waals surface area contributed by atoms with Gasteiger partial charge in [-0.2, -0.15) is 0 Å². The van der Waals surface area contributed by atoms with Crippen molar-refractivity contribution in [2.24, 2.45) is 5.73 Å². The summed E-state index contributed by atoms with van der Waals surface area (Å²) in [6.07, 6.45) is 1.67. The van der Waals surface area contributed by atoms with Gasteiger partial charge >= 0.3 is 0 Å². The van der Waals surface area contributed by atoms with Gasteiger partial charge in [0.1, 0.15) is 0 Å². The fraction of sp³-hybridized carbons (Fsp3) is 0.571. The molecule has 0 heterocycles. The average molecular weight is 298 g/mol. The third-order valence-corrected chi connectivity index (χ3v) is 5.18. The smallest absolute Gasteiger partial charge is 0.240 e. The van der Waals surface area contributed by atoms with Crippen molar-refractivity contribution in [3.8, 4) is 0 Å². The SMILES string of the molecule is CCOC1CC(NS(=O)(=O)c2ccc(CN)c(C)c2)C1. The van der Waals surface area contributed by atoms with Gasteiger partial charge in [0.2, 0.25) is 10.0 Å². The van der Waals surface area contributed by atoms with Crippen LogP contribution in [0, 0.1) is 6.92 Å². The van der Waals surface area contributed by atoms with E-state index in [-0.39, 0.29) is 12.1 Å². The van der Waals surface area contributed by atoms with E-state index in [9.17, 15) is 8.42 Å². The minimum atomic E-state index is -3.45. The lowest BCUT2D eigenvalue weighted by molar-refractivity contribution is -0.00475. The molecule has 0 atom stereocenters. The molecule has 1 fully saturated rings. The summed E-state index contributed by atoms with van der Waals surface area (Å²) in [5.74, 6) is 0. The van der Waals surface area contributed by atoms with Crippen molar-refractivity contribution in [3.63, 3.8) is 0 Å². The lowest BCUT2D eigenvalue weighted by atomic mass is 9.90. The molecule has 5 nitrogen and oxygen atoms in total. The molecule has 1 saturated carbocycles. The second-order valence-corrected chi connectivity index (χ2v) is 6.87. The van der Waals surface area contributed by atoms with E-state index >= 15 is 0 Å². The maximum atomic E-state index is 12.3. The molecule has 1 aliphatic rings. The number of aryl methyl sites for hydroxylation is 1. The van der Waals surface area contributed by atoms with Crippen molar-refractivity contribution >= 4 is 10.0 Å². The molecule has 0 unspecified atom stereocenters. The number of hydrogen-bond acceptors (Lipinski definition) is 4. The van der Waals surface area contributed by atoms with Gasteiger partial charge in [0.05, 0.1) is 11.0 Å². The summed E-state index contributed by atoms with van der Waals surface area (Å²) in [5, 5.41) is 0. The highest BCUT2D eigenvalue weighted by Crippen LogP contribution is 2.25. The summed E-state index contributed by atoms with van der Waals surface area (Å²) in [5.41, 5.74) is 7.45. The van der Waals surface area contributed by atoms with Crippen molar-refractivity contribution < 1.29 is 13.2 Å². The first kappa shape index (κ1) is 15.4. The van der Waals surface area contributed by atoms with E-state index < -0.39 is 10.0 Å². The van der Waals surface area contributed by atoms with Crippen LogP contribution >= 0.6 is 0 Å². The molecule has 0 bridgehead atoms. The predicted octanol–water partition coefficient (Wildman–Crippen LogP) is 1.30. The van der Waals surface area contributed by atoms with Crippen LogP contribution in [0.2, 0.25) is 0 Å². The molecule has 0 aromatic heterocycles. The molecule has 6 heteroatoms. The van der Waals surface area contributed by atoms with Crippen LogP contribution in [0.1, 0.15) is 30.9 Å². The molecule has 112 valence electrons. The molecule has 0 radical (unpaired) electrons. The quantitative estimate of drug-likeness (QED) is 0.829. The molecule has 0 spiro atoms. The van der Waals surface area contributed by atoms with Gasteiger partial charge in [-0.1, -0.05) is 6.07 Å². The van der Waals surface area contributed by atoms with Crippen LogP contribution in [-0.2, 0) is 21.3 Å². The Morgan fingerprint density at radius 1 is 1.40 bits per heavy atom. The number of hydrogen-bond donors (Lipinski definition) is 2. The normalized spacial score (nSPS) is 22.6. The maximum Gasteiger partial charge on any atom is 0.240 e. The fourth-order valence-corrected chi connectivity index (χ4v) is 3.73. The van der Waals surface area contributed by atoms with Gasteiger partial charge in [-0.25, -0.2) is 13.1 Å². The summed E-state index contributed by atoms with van der Waals surface area (Å²) in [6, 6.07) is 5.03. The molecule has 1 aliphatic carbocycles. The van der Waals surface area contributed by atoms with E-state index in [0.29, 0.717) is 18.0 Å². The first-order valence-electron chi connectivity index (χ1n) is 6.89. The lowest BCUT2D eigenvalue weighted by Gasteiger charge is -2.35. The van der Waals surface area contributed by atoms with E-state index in [1.165, 1.54) is 0 Å². The Balaban J connectivity index is 2.02. The number of sulfonamides is 1. The number of nitrogens with two attached hydrogens (primary N) is 1. The van der Waals surface area contributed by atoms with Gasteiger partial charge in [-0.05, 0) is 49.9 Å². The zero-order valence-electron chi connectivity index (χ0n) is 11.9. The molecule has 1 aromatic carbocycles. The number of nitrogens with one attached hydrogen (secondary N) is 1. The maximum absolute atomic E-state index is 12.3. The van der Waals surface area contributed by atoms with Gasteiger partial charge in [-0.3, -0.25) is 0 Å². The molecule has 1 aromatic rings. The van der Waals surface area contributed by atoms with Gasteiger partial charge < -0.3 is 10.5 Å². The van der Waals surface area contributed by atoms with Crippen molar-refractivity contribution in [2.45, 2.75) is 50.3 Å². The molecule has 20 heavy (non-hydrogen) atoms. The highest BCUT2D eigenvalue weighted by Gasteiger charge is 2.33. The minimum absolute atomic E-state index is 0.0222. The van der Waals surface area contributed by atoms with Gasteiger partial charge in [0.15, 0.2) is 0 Å². The first-order chi connectivity index (χ1) is 9.46. The van der Waals surface area contributed by atoms with Crippen molar-refractivity contribution in [1.82, 2.24) is 4.72 Å². The Bertz CT molecular complexity index is 566. The monoisotopic (exact) mass is 298 g/mol. The molecule has 3 N–H and O–H groups in total. The van der Waals surface area contributed by atoms with E-state index in [4.69, 9.17) is 10.5 Å². The second kappa shape index (κ2) is 6.22. The van der Waals surface area contributed by atoms with Crippen LogP contribution in [0.4, 0.5) is 0 Å². The third kappa shape index (κ3) is 3.38. The standard InChI is InChI=1S/C14H22N2O3S/c1-3-19-13-7-12(8-13)16-20(17,18)14-5-4-11(9-15)10(2)6-14/h4-6,12-13,16H,3,7-9,15H2,1-2H3. The van der Waals surface area contributed by atoms with Crippen LogP contribution in [0.3, 0.4) is 0 Å². The predicted molar refractivity (Wildman–Crippen MR) is 77.8 cm³/mol. The molecule has 0 aliphatic heterocycles. The summed E-state index contributed by atoms with van der Waals surface area (Å²) in [6.45, 7) is 4.90. The lowest BCUT2D eigenvalue weighted by Crippen LogP contribution is -2.47. The van der Waals surface area contributed by atoms with Gasteiger partial charge in [0, 0.05) is 19.2 Å². The van der Waals surface area contributed by atoms with E-state index in [0.717, 1.165) is 24.0 Å². The van der Waals surface area contributed by atoms with E-state index in [1.807, 2.05) is 13.8 Å². The van der Waals surface area contributed by atoms with Crippen LogP contribution in [-0.4, -0.2) is 27.2 Å². The molecular formula is C14H22N2O3S. The second-order valence-electron chi connectivity index (χ2n) is 5.16. The molecule has 2 rings (SSSR count). The Hall–Kier alpha value is -0.950. The van der Waals surface area contributed by atoms with E-state index in [1.54, 1.807) is 18.2 Å². The number of benzene rings is 1. The zero-order valence-corrected chi connectivity index (χ0v) is 12.7. The summed E-state index contributed by atoms with van der Waals surface area (Å²) < 4.78 is 32.7. The Kier molecular flexibility index (Phi) is 4.80. The highest BCUT2D eigenvalue weighted by atomic mass is 32.2. The Labute approximate surface area is 120 Å². The van der Waals surface area contributed by atoms with Gasteiger partial charge in [-0.15, -0.1) is 0 Å². The van der Waals surface area contributed by atoms with E-state index in [2.05, 4.69) is 4.72 Å². The molecule has 0 amide bonds. The number of ether oxygens (including phenoxy) is 1. The minimum Gasteiger partial charge on any atom is -0.378 e. The number of rotatable bonds is 6. The summed E-state index contributed by atoms with van der Waals surface area (Å²) in [4.78, 5) is 0.298. The molecule has 0 saturated heterocycles. The van der Waals surface area contributed by atoms with Crippen LogP contribution in [0.15, 0.2) is 23.1 Å². The first-order valence-corrected chi connectivity index (χ1v) is 8.38. The molecular weight excluding hydrogens is 276 g/mol. The van der Waals surface area contributed by atoms with Crippen LogP contribution in [0.5, 0.6) is 0 Å². The Morgan fingerprint density at radius 3 is 2.65 bits per heavy atom. The zero-order chi connectivity index (χ0) is 14.8. The third-order valence-electron chi connectivity index (χ3n) is 3.66. The highest BCUT2D eigenvalue weighted by molar-refractivity contribution is 7.89. The van der Waals surface area contributed by atoms with Crippen molar-refractivity contribution in [3.05, 3.63) is 29.3 Å². The Morgan fingerprint density at radius 2 is 2.10 bits per heavy atom. The fourth-order valence-electron chi connectivity index (χ4n) is 2.39. The average Bonchev–Trinajstić information content (AvgIpc) is 2.36. The topological polar surface area (TPSA) is 81.4 Å². The van der Waals surface area contributed by atoms with Crippen molar-refractivity contribution in [1.29, 1.82) is 0 Å². The van der Waals surface area contributed by atoms with Crippen LogP contribution in [0.25, 0.3) is 0 Å². The largest absolute Gasteiger partial charge is 0.378 e.